The molecule has 0 saturated heterocycles. The van der Waals surface area contributed by atoms with E-state index in [1.54, 1.807) is 6.07 Å². The predicted octanol–water partition coefficient (Wildman–Crippen LogP) is 3.77. The highest BCUT2D eigenvalue weighted by atomic mass is 79.9. The molecule has 0 radical (unpaired) electrons. The monoisotopic (exact) mass is 321 g/mol. The van der Waals surface area contributed by atoms with Gasteiger partial charge >= 0.3 is 0 Å². The van der Waals surface area contributed by atoms with Gasteiger partial charge in [-0.25, -0.2) is 0 Å². The minimum Gasteiger partial charge on any atom is -0.380 e. The second kappa shape index (κ2) is 5.36. The zero-order chi connectivity index (χ0) is 14.0. The van der Waals surface area contributed by atoms with Crippen LogP contribution in [0.4, 0.5) is 11.4 Å². The van der Waals surface area contributed by atoms with Gasteiger partial charge in [0.1, 0.15) is 0 Å². The Morgan fingerprint density at radius 2 is 2.26 bits per heavy atom. The number of aromatic nitrogens is 1. The van der Waals surface area contributed by atoms with E-state index in [4.69, 9.17) is 0 Å². The summed E-state index contributed by atoms with van der Waals surface area (Å²) >= 11 is 3.27. The molecule has 1 N–H and O–H groups in total. The summed E-state index contributed by atoms with van der Waals surface area (Å²) in [6.45, 7) is 6.18. The number of hydrogen-bond acceptors (Lipinski definition) is 4. The Morgan fingerprint density at radius 3 is 2.89 bits per heavy atom. The lowest BCUT2D eigenvalue weighted by molar-refractivity contribution is -0.384. The van der Waals surface area contributed by atoms with Crippen LogP contribution >= 0.6 is 15.9 Å². The third-order valence-electron chi connectivity index (χ3n) is 2.60. The number of nitro benzene ring substituents is 1. The van der Waals surface area contributed by atoms with E-state index in [2.05, 4.69) is 32.8 Å². The van der Waals surface area contributed by atoms with Crippen molar-refractivity contribution in [2.75, 3.05) is 11.9 Å². The molecule has 0 unspecified atom stereocenters. The molecule has 0 aliphatic carbocycles. The van der Waals surface area contributed by atoms with Crippen LogP contribution in [-0.4, -0.2) is 16.5 Å². The average Bonchev–Trinajstić information content (AvgIpc) is 2.35. The number of pyridine rings is 1. The quantitative estimate of drug-likeness (QED) is 0.687. The minimum absolute atomic E-state index is 0.0545. The second-order valence-electron chi connectivity index (χ2n) is 4.14. The highest BCUT2D eigenvalue weighted by Gasteiger charge is 2.10. The van der Waals surface area contributed by atoms with E-state index in [0.717, 1.165) is 26.8 Å². The minimum atomic E-state index is -0.410. The van der Waals surface area contributed by atoms with Crippen molar-refractivity contribution < 1.29 is 4.92 Å². The van der Waals surface area contributed by atoms with Gasteiger partial charge in [0, 0.05) is 39.9 Å². The van der Waals surface area contributed by atoms with Crippen LogP contribution in [0.15, 0.2) is 35.3 Å². The number of fused-ring (bicyclic) bond motifs is 1. The van der Waals surface area contributed by atoms with Crippen LogP contribution in [0.5, 0.6) is 0 Å². The van der Waals surface area contributed by atoms with Gasteiger partial charge in [0.05, 0.1) is 10.4 Å². The van der Waals surface area contributed by atoms with Crippen LogP contribution < -0.4 is 5.32 Å². The largest absolute Gasteiger partial charge is 0.380 e. The van der Waals surface area contributed by atoms with Gasteiger partial charge in [-0.05, 0) is 19.1 Å². The molecule has 0 spiro atoms. The van der Waals surface area contributed by atoms with E-state index in [0.29, 0.717) is 6.54 Å². The molecule has 0 atom stereocenters. The number of non-ortho nitro benzene ring substituents is 1. The molecule has 0 aliphatic rings. The summed E-state index contributed by atoms with van der Waals surface area (Å²) in [5.41, 5.74) is 2.45. The predicted molar refractivity (Wildman–Crippen MR) is 79.7 cm³/mol. The maximum absolute atomic E-state index is 10.8. The molecule has 2 aromatic rings. The average molecular weight is 322 g/mol. The van der Waals surface area contributed by atoms with E-state index in [1.807, 2.05) is 13.0 Å². The standard InChI is InChI=1S/C13H12BrN3O2/c1-8(14)7-15-13-5-9(2)16-12-4-3-10(17(18)19)6-11(12)13/h3-6H,1,7H2,2H3,(H,15,16). The molecule has 1 heterocycles. The van der Waals surface area contributed by atoms with Crippen LogP contribution in [0.3, 0.4) is 0 Å². The van der Waals surface area contributed by atoms with Crippen molar-refractivity contribution in [3.8, 4) is 0 Å². The van der Waals surface area contributed by atoms with E-state index in [1.165, 1.54) is 12.1 Å². The Morgan fingerprint density at radius 1 is 1.53 bits per heavy atom. The van der Waals surface area contributed by atoms with E-state index < -0.39 is 4.92 Å². The first kappa shape index (κ1) is 13.5. The van der Waals surface area contributed by atoms with E-state index in [9.17, 15) is 10.1 Å². The van der Waals surface area contributed by atoms with Gasteiger partial charge in [-0.1, -0.05) is 22.5 Å². The number of aryl methyl sites for hydroxylation is 1. The van der Waals surface area contributed by atoms with Gasteiger partial charge in [-0.15, -0.1) is 0 Å². The fraction of sp³-hybridized carbons (Fsp3) is 0.154. The maximum Gasteiger partial charge on any atom is 0.270 e. The van der Waals surface area contributed by atoms with Crippen LogP contribution in [0.1, 0.15) is 5.69 Å². The van der Waals surface area contributed by atoms with Crippen molar-refractivity contribution in [2.24, 2.45) is 0 Å². The molecule has 19 heavy (non-hydrogen) atoms. The van der Waals surface area contributed by atoms with Crippen molar-refractivity contribution in [1.29, 1.82) is 0 Å². The molecule has 98 valence electrons. The van der Waals surface area contributed by atoms with Gasteiger partial charge in [-0.2, -0.15) is 0 Å². The molecule has 5 nitrogen and oxygen atoms in total. The lowest BCUT2D eigenvalue weighted by Gasteiger charge is -2.10. The Labute approximate surface area is 118 Å². The number of nitrogens with zero attached hydrogens (tertiary/aromatic N) is 2. The summed E-state index contributed by atoms with van der Waals surface area (Å²) in [6.07, 6.45) is 0. The smallest absolute Gasteiger partial charge is 0.270 e. The number of halogens is 1. The normalized spacial score (nSPS) is 10.4. The number of benzene rings is 1. The number of hydrogen-bond donors (Lipinski definition) is 1. The molecular formula is C13H12BrN3O2. The fourth-order valence-corrected chi connectivity index (χ4v) is 1.94. The molecule has 0 saturated carbocycles. The molecule has 2 rings (SSSR count). The van der Waals surface area contributed by atoms with Crippen molar-refractivity contribution in [2.45, 2.75) is 6.92 Å². The fourth-order valence-electron chi connectivity index (χ4n) is 1.80. The first-order valence-electron chi connectivity index (χ1n) is 5.60. The number of anilines is 1. The number of nitro groups is 1. The Bertz CT molecular complexity index is 670. The molecule has 1 aromatic heterocycles. The third kappa shape index (κ3) is 3.08. The van der Waals surface area contributed by atoms with Crippen LogP contribution in [0, 0.1) is 17.0 Å². The first-order valence-corrected chi connectivity index (χ1v) is 6.39. The van der Waals surface area contributed by atoms with E-state index in [-0.39, 0.29) is 5.69 Å². The molecule has 0 aliphatic heterocycles. The molecule has 0 bridgehead atoms. The van der Waals surface area contributed by atoms with Crippen LogP contribution in [0.25, 0.3) is 10.9 Å². The van der Waals surface area contributed by atoms with Crippen molar-refractivity contribution in [1.82, 2.24) is 4.98 Å². The summed E-state index contributed by atoms with van der Waals surface area (Å²) in [4.78, 5) is 14.8. The molecule has 1 aromatic carbocycles. The SMILES string of the molecule is C=C(Br)CNc1cc(C)nc2ccc([N+](=O)[O-])cc12. The molecule has 0 amide bonds. The topological polar surface area (TPSA) is 68.1 Å². The molecule has 0 fully saturated rings. The number of rotatable bonds is 4. The molecular weight excluding hydrogens is 310 g/mol. The zero-order valence-electron chi connectivity index (χ0n) is 10.3. The maximum atomic E-state index is 10.8. The summed E-state index contributed by atoms with van der Waals surface area (Å²) < 4.78 is 0.806. The Hall–Kier alpha value is -1.95. The lowest BCUT2D eigenvalue weighted by atomic mass is 10.1. The Kier molecular flexibility index (Phi) is 3.80. The van der Waals surface area contributed by atoms with Gasteiger partial charge < -0.3 is 5.32 Å². The highest BCUT2D eigenvalue weighted by Crippen LogP contribution is 2.27. The van der Waals surface area contributed by atoms with Crippen molar-refractivity contribution in [3.63, 3.8) is 0 Å². The van der Waals surface area contributed by atoms with Gasteiger partial charge in [-0.3, -0.25) is 15.1 Å². The first-order chi connectivity index (χ1) is 8.97. The van der Waals surface area contributed by atoms with Gasteiger partial charge in [0.2, 0.25) is 0 Å². The van der Waals surface area contributed by atoms with Gasteiger partial charge in [0.25, 0.3) is 5.69 Å². The summed E-state index contributed by atoms with van der Waals surface area (Å²) in [7, 11) is 0. The highest BCUT2D eigenvalue weighted by molar-refractivity contribution is 9.11. The second-order valence-corrected chi connectivity index (χ2v) is 5.26. The van der Waals surface area contributed by atoms with Crippen LogP contribution in [-0.2, 0) is 0 Å². The van der Waals surface area contributed by atoms with Gasteiger partial charge in [0.15, 0.2) is 0 Å². The summed E-state index contributed by atoms with van der Waals surface area (Å²) in [5.74, 6) is 0. The zero-order valence-corrected chi connectivity index (χ0v) is 11.9. The number of nitrogens with one attached hydrogen (secondary N) is 1. The van der Waals surface area contributed by atoms with Crippen molar-refractivity contribution >= 4 is 38.2 Å². The lowest BCUT2D eigenvalue weighted by Crippen LogP contribution is -2.02. The molecule has 6 heteroatoms. The summed E-state index contributed by atoms with van der Waals surface area (Å²) in [5, 5.41) is 14.7. The third-order valence-corrected chi connectivity index (χ3v) is 2.88. The van der Waals surface area contributed by atoms with Crippen molar-refractivity contribution in [3.05, 3.63) is 51.1 Å². The summed E-state index contributed by atoms with van der Waals surface area (Å²) in [6, 6.07) is 6.51. The van der Waals surface area contributed by atoms with Crippen LogP contribution in [0.2, 0.25) is 0 Å². The van der Waals surface area contributed by atoms with E-state index >= 15 is 0 Å². The Balaban J connectivity index is 2.55.